The van der Waals surface area contributed by atoms with Gasteiger partial charge in [0.1, 0.15) is 18.2 Å². The monoisotopic (exact) mass is 224 g/mol. The summed E-state index contributed by atoms with van der Waals surface area (Å²) < 4.78 is 5.58. The number of benzene rings is 1. The van der Waals surface area contributed by atoms with Gasteiger partial charge in [0.15, 0.2) is 0 Å². The molecular weight excluding hydrogens is 212 g/mol. The van der Waals surface area contributed by atoms with E-state index < -0.39 is 0 Å². The van der Waals surface area contributed by atoms with Gasteiger partial charge in [0.25, 0.3) is 0 Å². The topological polar surface area (TPSA) is 33.6 Å². The van der Waals surface area contributed by atoms with E-state index in [1.165, 1.54) is 0 Å². The van der Waals surface area contributed by atoms with Crippen molar-refractivity contribution in [2.45, 2.75) is 6.92 Å². The van der Waals surface area contributed by atoms with Crippen molar-refractivity contribution in [3.05, 3.63) is 28.8 Å². The van der Waals surface area contributed by atoms with Gasteiger partial charge < -0.3 is 10.1 Å². The largest absolute Gasteiger partial charge is 0.484 e. The van der Waals surface area contributed by atoms with E-state index in [1.54, 1.807) is 0 Å². The van der Waals surface area contributed by atoms with Gasteiger partial charge in [-0.25, -0.2) is 0 Å². The second-order valence-corrected chi connectivity index (χ2v) is 3.81. The van der Waals surface area contributed by atoms with Crippen LogP contribution in [0, 0.1) is 6.92 Å². The van der Waals surface area contributed by atoms with Crippen LogP contribution in [0.4, 0.5) is 0 Å². The second-order valence-electron chi connectivity index (χ2n) is 3.43. The molecule has 0 amide bonds. The average Bonchev–Trinajstić information content (AvgIpc) is 2.73. The molecule has 2 rings (SSSR count). The summed E-state index contributed by atoms with van der Waals surface area (Å²) in [6, 6.07) is 5.76. The Morgan fingerprint density at radius 3 is 3.13 bits per heavy atom. The predicted molar refractivity (Wildman–Crippen MR) is 62.0 cm³/mol. The van der Waals surface area contributed by atoms with Gasteiger partial charge >= 0.3 is 0 Å². The molecule has 0 unspecified atom stereocenters. The lowest BCUT2D eigenvalue weighted by Gasteiger charge is -2.09. The summed E-state index contributed by atoms with van der Waals surface area (Å²) in [5, 5.41) is 3.82. The van der Waals surface area contributed by atoms with Crippen molar-refractivity contribution >= 4 is 17.4 Å². The maximum Gasteiger partial charge on any atom is 0.145 e. The van der Waals surface area contributed by atoms with E-state index in [-0.39, 0.29) is 0 Å². The standard InChI is InChI=1S/C11H13ClN2O/c1-8-3-2-4-9(11(8)12)15-7-10-13-5-6-14-10/h2-4H,5-7H2,1H3,(H,13,14). The van der Waals surface area contributed by atoms with Crippen molar-refractivity contribution in [2.75, 3.05) is 19.7 Å². The van der Waals surface area contributed by atoms with Crippen LogP contribution in [-0.2, 0) is 0 Å². The summed E-state index contributed by atoms with van der Waals surface area (Å²) in [7, 11) is 0. The number of hydrogen-bond donors (Lipinski definition) is 1. The zero-order chi connectivity index (χ0) is 10.7. The summed E-state index contributed by atoms with van der Waals surface area (Å²) in [4.78, 5) is 4.24. The molecule has 0 aliphatic carbocycles. The van der Waals surface area contributed by atoms with Gasteiger partial charge in [-0.3, -0.25) is 4.99 Å². The van der Waals surface area contributed by atoms with E-state index >= 15 is 0 Å². The lowest BCUT2D eigenvalue weighted by Crippen LogP contribution is -2.24. The molecule has 0 spiro atoms. The van der Waals surface area contributed by atoms with E-state index in [0.29, 0.717) is 17.4 Å². The molecule has 80 valence electrons. The van der Waals surface area contributed by atoms with Crippen molar-refractivity contribution in [2.24, 2.45) is 4.99 Å². The highest BCUT2D eigenvalue weighted by Crippen LogP contribution is 2.27. The van der Waals surface area contributed by atoms with Crippen LogP contribution in [0.3, 0.4) is 0 Å². The molecule has 1 aromatic carbocycles. The van der Waals surface area contributed by atoms with Crippen LogP contribution in [0.1, 0.15) is 5.56 Å². The second kappa shape index (κ2) is 4.53. The van der Waals surface area contributed by atoms with Gasteiger partial charge in [-0.05, 0) is 18.6 Å². The van der Waals surface area contributed by atoms with Gasteiger partial charge in [-0.2, -0.15) is 0 Å². The van der Waals surface area contributed by atoms with Crippen LogP contribution in [-0.4, -0.2) is 25.5 Å². The summed E-state index contributed by atoms with van der Waals surface area (Å²) in [5.74, 6) is 1.61. The van der Waals surface area contributed by atoms with Crippen LogP contribution in [0.15, 0.2) is 23.2 Å². The van der Waals surface area contributed by atoms with E-state index in [4.69, 9.17) is 16.3 Å². The van der Waals surface area contributed by atoms with E-state index in [1.807, 2.05) is 25.1 Å². The fraction of sp³-hybridized carbons (Fsp3) is 0.364. The van der Waals surface area contributed by atoms with Gasteiger partial charge in [-0.1, -0.05) is 23.7 Å². The minimum atomic E-state index is 0.461. The Labute approximate surface area is 94.1 Å². The first-order chi connectivity index (χ1) is 7.27. The first-order valence-corrected chi connectivity index (χ1v) is 5.30. The smallest absolute Gasteiger partial charge is 0.145 e. The number of ether oxygens (including phenoxy) is 1. The lowest BCUT2D eigenvalue weighted by molar-refractivity contribution is 0.373. The summed E-state index contributed by atoms with van der Waals surface area (Å²) >= 11 is 6.09. The Bertz CT molecular complexity index is 390. The molecule has 1 heterocycles. The number of halogens is 1. The summed E-state index contributed by atoms with van der Waals surface area (Å²) in [6.07, 6.45) is 0. The van der Waals surface area contributed by atoms with Crippen molar-refractivity contribution in [3.8, 4) is 5.75 Å². The number of aryl methyl sites for hydroxylation is 1. The van der Waals surface area contributed by atoms with E-state index in [9.17, 15) is 0 Å². The molecule has 15 heavy (non-hydrogen) atoms. The minimum Gasteiger partial charge on any atom is -0.484 e. The van der Waals surface area contributed by atoms with Gasteiger partial charge in [0.05, 0.1) is 11.6 Å². The molecule has 1 N–H and O–H groups in total. The Hall–Kier alpha value is -1.22. The zero-order valence-electron chi connectivity index (χ0n) is 8.59. The molecule has 0 fully saturated rings. The summed E-state index contributed by atoms with van der Waals surface area (Å²) in [6.45, 7) is 4.16. The number of hydrogen-bond acceptors (Lipinski definition) is 3. The van der Waals surface area contributed by atoms with Crippen molar-refractivity contribution < 1.29 is 4.74 Å². The van der Waals surface area contributed by atoms with E-state index in [0.717, 1.165) is 24.5 Å². The number of amidine groups is 1. The molecule has 0 saturated carbocycles. The van der Waals surface area contributed by atoms with Crippen LogP contribution in [0.2, 0.25) is 5.02 Å². The molecule has 1 aromatic rings. The highest BCUT2D eigenvalue weighted by atomic mass is 35.5. The first-order valence-electron chi connectivity index (χ1n) is 4.92. The van der Waals surface area contributed by atoms with E-state index in [2.05, 4.69) is 10.3 Å². The first kappa shape index (κ1) is 10.3. The highest BCUT2D eigenvalue weighted by Gasteiger charge is 2.08. The molecule has 1 aliphatic rings. The Balaban J connectivity index is 2.01. The molecule has 0 saturated heterocycles. The Morgan fingerprint density at radius 1 is 1.53 bits per heavy atom. The van der Waals surface area contributed by atoms with Crippen LogP contribution < -0.4 is 10.1 Å². The zero-order valence-corrected chi connectivity index (χ0v) is 9.34. The number of nitrogens with zero attached hydrogens (tertiary/aromatic N) is 1. The third kappa shape index (κ3) is 2.42. The number of rotatable bonds is 3. The Kier molecular flexibility index (Phi) is 3.11. The average molecular weight is 225 g/mol. The maximum atomic E-state index is 6.09. The molecule has 0 atom stereocenters. The van der Waals surface area contributed by atoms with Crippen molar-refractivity contribution in [3.63, 3.8) is 0 Å². The fourth-order valence-electron chi connectivity index (χ4n) is 1.42. The third-order valence-electron chi connectivity index (χ3n) is 2.26. The normalized spacial score (nSPS) is 14.7. The number of nitrogens with one attached hydrogen (secondary N) is 1. The molecule has 4 heteroatoms. The Morgan fingerprint density at radius 2 is 2.40 bits per heavy atom. The summed E-state index contributed by atoms with van der Waals surface area (Å²) in [5.41, 5.74) is 1.02. The molecule has 0 aromatic heterocycles. The van der Waals surface area contributed by atoms with Gasteiger partial charge in [0, 0.05) is 6.54 Å². The molecular formula is C11H13ClN2O. The fourth-order valence-corrected chi connectivity index (χ4v) is 1.60. The van der Waals surface area contributed by atoms with Crippen molar-refractivity contribution in [1.29, 1.82) is 0 Å². The molecule has 0 radical (unpaired) electrons. The van der Waals surface area contributed by atoms with Crippen LogP contribution in [0.5, 0.6) is 5.75 Å². The highest BCUT2D eigenvalue weighted by molar-refractivity contribution is 6.32. The third-order valence-corrected chi connectivity index (χ3v) is 2.75. The quantitative estimate of drug-likeness (QED) is 0.853. The minimum absolute atomic E-state index is 0.461. The molecule has 0 bridgehead atoms. The van der Waals surface area contributed by atoms with Gasteiger partial charge in [-0.15, -0.1) is 0 Å². The number of aliphatic imine (C=N–C) groups is 1. The predicted octanol–water partition coefficient (Wildman–Crippen LogP) is 2.03. The van der Waals surface area contributed by atoms with Crippen LogP contribution >= 0.6 is 11.6 Å². The molecule has 3 nitrogen and oxygen atoms in total. The lowest BCUT2D eigenvalue weighted by atomic mass is 10.2. The van der Waals surface area contributed by atoms with Crippen LogP contribution in [0.25, 0.3) is 0 Å². The van der Waals surface area contributed by atoms with Crippen molar-refractivity contribution in [1.82, 2.24) is 5.32 Å². The maximum absolute atomic E-state index is 6.09. The van der Waals surface area contributed by atoms with Gasteiger partial charge in [0.2, 0.25) is 0 Å². The SMILES string of the molecule is Cc1cccc(OCC2=NCCN2)c1Cl. The molecule has 1 aliphatic heterocycles.